The number of ether oxygens (including phenoxy) is 1. The van der Waals surface area contributed by atoms with Gasteiger partial charge in [-0.05, 0) is 33.4 Å². The molecule has 0 aromatic rings. The van der Waals surface area contributed by atoms with Crippen molar-refractivity contribution >= 4 is 5.91 Å². The Bertz CT molecular complexity index is 211. The zero-order chi connectivity index (χ0) is 11.3. The van der Waals surface area contributed by atoms with Crippen LogP contribution in [0.25, 0.3) is 0 Å². The third kappa shape index (κ3) is 3.77. The first kappa shape index (κ1) is 12.4. The van der Waals surface area contributed by atoms with Crippen molar-refractivity contribution in [1.82, 2.24) is 10.3 Å². The summed E-state index contributed by atoms with van der Waals surface area (Å²) < 4.78 is 5.49. The van der Waals surface area contributed by atoms with E-state index < -0.39 is 0 Å². The largest absolute Gasteiger partial charge is 0.377 e. The van der Waals surface area contributed by atoms with E-state index in [1.165, 1.54) is 0 Å². The molecular formula is C10H21N3O2. The van der Waals surface area contributed by atoms with Crippen LogP contribution in [0.3, 0.4) is 0 Å². The van der Waals surface area contributed by atoms with E-state index in [0.29, 0.717) is 18.6 Å². The van der Waals surface area contributed by atoms with E-state index in [0.717, 1.165) is 26.0 Å². The summed E-state index contributed by atoms with van der Waals surface area (Å²) in [6.45, 7) is 3.85. The third-order valence-corrected chi connectivity index (χ3v) is 2.98. The van der Waals surface area contributed by atoms with Crippen LogP contribution in [0.2, 0.25) is 0 Å². The number of rotatable bonds is 5. The number of nitrogens with zero attached hydrogens (tertiary/aromatic N) is 1. The van der Waals surface area contributed by atoms with Gasteiger partial charge in [0.15, 0.2) is 0 Å². The molecular weight excluding hydrogens is 194 g/mol. The predicted octanol–water partition coefficient (Wildman–Crippen LogP) is -0.134. The third-order valence-electron chi connectivity index (χ3n) is 2.98. The average molecular weight is 215 g/mol. The highest BCUT2D eigenvalue weighted by atomic mass is 16.5. The quantitative estimate of drug-likeness (QED) is 0.381. The smallest absolute Gasteiger partial charge is 0.233 e. The molecule has 0 saturated carbocycles. The first-order valence-electron chi connectivity index (χ1n) is 5.46. The molecule has 0 aromatic carbocycles. The molecule has 2 atom stereocenters. The standard InChI is InChI=1S/C10H21N3O2/c1-8-9(5-7-15-8)13(2)6-3-4-10(14)12-11/h8-9H,3-7,11H2,1-2H3,(H,12,14). The number of carbonyl (C=O) groups is 1. The maximum Gasteiger partial charge on any atom is 0.233 e. The lowest BCUT2D eigenvalue weighted by Gasteiger charge is -2.26. The zero-order valence-electron chi connectivity index (χ0n) is 9.53. The first-order valence-corrected chi connectivity index (χ1v) is 5.46. The molecule has 0 bridgehead atoms. The Morgan fingerprint density at radius 3 is 2.93 bits per heavy atom. The summed E-state index contributed by atoms with van der Waals surface area (Å²) in [4.78, 5) is 13.2. The molecule has 1 saturated heterocycles. The molecule has 1 aliphatic heterocycles. The van der Waals surface area contributed by atoms with E-state index in [1.54, 1.807) is 0 Å². The second-order valence-corrected chi connectivity index (χ2v) is 4.08. The van der Waals surface area contributed by atoms with Gasteiger partial charge in [0.2, 0.25) is 5.91 Å². The van der Waals surface area contributed by atoms with Crippen molar-refractivity contribution in [2.75, 3.05) is 20.2 Å². The van der Waals surface area contributed by atoms with Gasteiger partial charge in [0.25, 0.3) is 0 Å². The molecule has 0 aliphatic carbocycles. The Hall–Kier alpha value is -0.650. The molecule has 0 radical (unpaired) electrons. The fourth-order valence-electron chi connectivity index (χ4n) is 2.03. The van der Waals surface area contributed by atoms with Gasteiger partial charge in [0, 0.05) is 19.1 Å². The summed E-state index contributed by atoms with van der Waals surface area (Å²) in [5, 5.41) is 0. The van der Waals surface area contributed by atoms with Crippen molar-refractivity contribution in [2.24, 2.45) is 5.84 Å². The summed E-state index contributed by atoms with van der Waals surface area (Å²) in [6, 6.07) is 0.492. The monoisotopic (exact) mass is 215 g/mol. The van der Waals surface area contributed by atoms with Gasteiger partial charge in [-0.25, -0.2) is 5.84 Å². The Labute approximate surface area is 90.9 Å². The fourth-order valence-corrected chi connectivity index (χ4v) is 2.03. The minimum Gasteiger partial charge on any atom is -0.377 e. The molecule has 3 N–H and O–H groups in total. The number of likely N-dealkylation sites (N-methyl/N-ethyl adjacent to an activating group) is 1. The van der Waals surface area contributed by atoms with E-state index in [-0.39, 0.29) is 5.91 Å². The summed E-state index contributed by atoms with van der Waals surface area (Å²) >= 11 is 0. The van der Waals surface area contributed by atoms with Crippen molar-refractivity contribution in [3.05, 3.63) is 0 Å². The van der Waals surface area contributed by atoms with Crippen LogP contribution in [0.5, 0.6) is 0 Å². The van der Waals surface area contributed by atoms with Gasteiger partial charge in [0.05, 0.1) is 6.10 Å². The Balaban J connectivity index is 2.18. The van der Waals surface area contributed by atoms with Crippen LogP contribution in [0.4, 0.5) is 0 Å². The van der Waals surface area contributed by atoms with Crippen LogP contribution >= 0.6 is 0 Å². The van der Waals surface area contributed by atoms with Crippen LogP contribution in [-0.4, -0.2) is 43.2 Å². The minimum absolute atomic E-state index is 0.0980. The van der Waals surface area contributed by atoms with Crippen LogP contribution in [-0.2, 0) is 9.53 Å². The summed E-state index contributed by atoms with van der Waals surface area (Å²) in [7, 11) is 2.08. The van der Waals surface area contributed by atoms with Gasteiger partial charge in [0.1, 0.15) is 0 Å². The summed E-state index contributed by atoms with van der Waals surface area (Å²) in [5.74, 6) is 4.90. The van der Waals surface area contributed by atoms with Gasteiger partial charge in [-0.2, -0.15) is 0 Å². The Kier molecular flexibility index (Phi) is 5.01. The number of carbonyl (C=O) groups excluding carboxylic acids is 1. The lowest BCUT2D eigenvalue weighted by molar-refractivity contribution is -0.121. The molecule has 1 rings (SSSR count). The zero-order valence-corrected chi connectivity index (χ0v) is 9.53. The van der Waals surface area contributed by atoms with E-state index in [2.05, 4.69) is 24.3 Å². The van der Waals surface area contributed by atoms with E-state index in [1.807, 2.05) is 0 Å². The predicted molar refractivity (Wildman–Crippen MR) is 58.0 cm³/mol. The van der Waals surface area contributed by atoms with Crippen molar-refractivity contribution in [3.63, 3.8) is 0 Å². The van der Waals surface area contributed by atoms with Crippen LogP contribution in [0, 0.1) is 0 Å². The maximum absolute atomic E-state index is 10.9. The van der Waals surface area contributed by atoms with Crippen molar-refractivity contribution in [1.29, 1.82) is 0 Å². The van der Waals surface area contributed by atoms with Crippen molar-refractivity contribution < 1.29 is 9.53 Å². The molecule has 15 heavy (non-hydrogen) atoms. The van der Waals surface area contributed by atoms with Crippen molar-refractivity contribution in [3.8, 4) is 0 Å². The van der Waals surface area contributed by atoms with E-state index in [4.69, 9.17) is 10.6 Å². The van der Waals surface area contributed by atoms with E-state index in [9.17, 15) is 4.79 Å². The molecule has 1 aliphatic rings. The molecule has 0 aromatic heterocycles. The second kappa shape index (κ2) is 6.05. The van der Waals surface area contributed by atoms with Crippen LogP contribution in [0.15, 0.2) is 0 Å². The molecule has 0 spiro atoms. The Morgan fingerprint density at radius 2 is 2.40 bits per heavy atom. The van der Waals surface area contributed by atoms with Crippen LogP contribution < -0.4 is 11.3 Å². The molecule has 2 unspecified atom stereocenters. The maximum atomic E-state index is 10.9. The summed E-state index contributed by atoms with van der Waals surface area (Å²) in [5.41, 5.74) is 2.13. The van der Waals surface area contributed by atoms with Gasteiger partial charge < -0.3 is 9.64 Å². The molecule has 5 heteroatoms. The minimum atomic E-state index is -0.0980. The van der Waals surface area contributed by atoms with Gasteiger partial charge >= 0.3 is 0 Å². The highest BCUT2D eigenvalue weighted by Gasteiger charge is 2.27. The van der Waals surface area contributed by atoms with E-state index >= 15 is 0 Å². The van der Waals surface area contributed by atoms with Gasteiger partial charge in [-0.15, -0.1) is 0 Å². The normalized spacial score (nSPS) is 25.9. The molecule has 5 nitrogen and oxygen atoms in total. The van der Waals surface area contributed by atoms with Crippen molar-refractivity contribution in [2.45, 2.75) is 38.3 Å². The lowest BCUT2D eigenvalue weighted by atomic mass is 10.1. The number of amides is 1. The number of nitrogens with one attached hydrogen (secondary N) is 1. The lowest BCUT2D eigenvalue weighted by Crippen LogP contribution is -2.38. The molecule has 1 fully saturated rings. The summed E-state index contributed by atoms with van der Waals surface area (Å²) in [6.07, 6.45) is 2.71. The first-order chi connectivity index (χ1) is 7.15. The molecule has 88 valence electrons. The highest BCUT2D eigenvalue weighted by Crippen LogP contribution is 2.18. The van der Waals surface area contributed by atoms with Crippen LogP contribution in [0.1, 0.15) is 26.2 Å². The number of hydrogen-bond acceptors (Lipinski definition) is 4. The number of hydrogen-bond donors (Lipinski definition) is 2. The topological polar surface area (TPSA) is 67.6 Å². The fraction of sp³-hybridized carbons (Fsp3) is 0.900. The van der Waals surface area contributed by atoms with Gasteiger partial charge in [-0.3, -0.25) is 10.2 Å². The second-order valence-electron chi connectivity index (χ2n) is 4.08. The number of hydrazine groups is 1. The number of nitrogens with two attached hydrogens (primary N) is 1. The average Bonchev–Trinajstić information content (AvgIpc) is 2.64. The highest BCUT2D eigenvalue weighted by molar-refractivity contribution is 5.75. The molecule has 1 amide bonds. The van der Waals surface area contributed by atoms with Gasteiger partial charge in [-0.1, -0.05) is 0 Å². The Morgan fingerprint density at radius 1 is 1.67 bits per heavy atom. The molecule has 1 heterocycles. The SMILES string of the molecule is CC1OCCC1N(C)CCCC(=O)NN.